The maximum Gasteiger partial charge on any atom is 0.0893 e. The molecule has 0 amide bonds. The van der Waals surface area contributed by atoms with E-state index in [1.807, 2.05) is 23.6 Å². The van der Waals surface area contributed by atoms with E-state index in [1.54, 1.807) is 0 Å². The first kappa shape index (κ1) is 12.5. The molecule has 0 aliphatic carbocycles. The standard InChI is InChI=1S/C12H14ClN3S/c1-2-12(9-4-3-5-10(13)6-9)14-7-11-8-17-16-15-11/h3-6,8,12,14H,2,7H2,1H3. The summed E-state index contributed by atoms with van der Waals surface area (Å²) in [4.78, 5) is 0. The Morgan fingerprint density at radius 1 is 1.47 bits per heavy atom. The molecule has 2 aromatic rings. The molecule has 1 heterocycles. The molecule has 90 valence electrons. The van der Waals surface area contributed by atoms with Crippen LogP contribution in [0.2, 0.25) is 5.02 Å². The Morgan fingerprint density at radius 2 is 2.35 bits per heavy atom. The molecule has 17 heavy (non-hydrogen) atoms. The maximum atomic E-state index is 6.00. The zero-order chi connectivity index (χ0) is 12.1. The lowest BCUT2D eigenvalue weighted by Crippen LogP contribution is -2.20. The zero-order valence-corrected chi connectivity index (χ0v) is 11.1. The largest absolute Gasteiger partial charge is 0.304 e. The quantitative estimate of drug-likeness (QED) is 0.902. The van der Waals surface area contributed by atoms with Gasteiger partial charge in [-0.1, -0.05) is 35.1 Å². The monoisotopic (exact) mass is 267 g/mol. The molecule has 3 nitrogen and oxygen atoms in total. The summed E-state index contributed by atoms with van der Waals surface area (Å²) in [5.74, 6) is 0. The molecule has 0 aliphatic heterocycles. The molecule has 0 aliphatic rings. The van der Waals surface area contributed by atoms with Crippen LogP contribution in [0.25, 0.3) is 0 Å². The van der Waals surface area contributed by atoms with Crippen molar-refractivity contribution in [3.8, 4) is 0 Å². The molecule has 1 unspecified atom stereocenters. The Kier molecular flexibility index (Phi) is 4.48. The van der Waals surface area contributed by atoms with Gasteiger partial charge in [-0.15, -0.1) is 5.10 Å². The van der Waals surface area contributed by atoms with Crippen molar-refractivity contribution in [2.75, 3.05) is 0 Å². The van der Waals surface area contributed by atoms with Crippen molar-refractivity contribution < 1.29 is 0 Å². The number of benzene rings is 1. The lowest BCUT2D eigenvalue weighted by atomic mass is 10.0. The second kappa shape index (κ2) is 6.10. The van der Waals surface area contributed by atoms with E-state index in [2.05, 4.69) is 27.9 Å². The summed E-state index contributed by atoms with van der Waals surface area (Å²) in [5.41, 5.74) is 2.19. The number of nitrogens with one attached hydrogen (secondary N) is 1. The van der Waals surface area contributed by atoms with Crippen molar-refractivity contribution in [1.29, 1.82) is 0 Å². The van der Waals surface area contributed by atoms with Crippen LogP contribution in [0.5, 0.6) is 0 Å². The van der Waals surface area contributed by atoms with E-state index >= 15 is 0 Å². The van der Waals surface area contributed by atoms with Crippen LogP contribution >= 0.6 is 23.1 Å². The third-order valence-corrected chi connectivity index (χ3v) is 3.38. The van der Waals surface area contributed by atoms with Gasteiger partial charge in [0.25, 0.3) is 0 Å². The summed E-state index contributed by atoms with van der Waals surface area (Å²) in [7, 11) is 0. The summed E-state index contributed by atoms with van der Waals surface area (Å²) in [5, 5.41) is 10.2. The molecule has 1 aromatic heterocycles. The van der Waals surface area contributed by atoms with Crippen LogP contribution < -0.4 is 5.32 Å². The first-order valence-corrected chi connectivity index (χ1v) is 6.76. The first-order chi connectivity index (χ1) is 8.29. The van der Waals surface area contributed by atoms with Gasteiger partial charge >= 0.3 is 0 Å². The number of hydrogen-bond acceptors (Lipinski definition) is 4. The average Bonchev–Trinajstić information content (AvgIpc) is 2.83. The van der Waals surface area contributed by atoms with E-state index < -0.39 is 0 Å². The predicted octanol–water partition coefficient (Wildman–Crippen LogP) is 3.43. The van der Waals surface area contributed by atoms with Crippen molar-refractivity contribution in [2.45, 2.75) is 25.9 Å². The first-order valence-electron chi connectivity index (χ1n) is 5.54. The molecule has 0 saturated carbocycles. The second-order valence-electron chi connectivity index (χ2n) is 3.79. The van der Waals surface area contributed by atoms with Gasteiger partial charge in [-0.3, -0.25) is 0 Å². The second-order valence-corrected chi connectivity index (χ2v) is 4.84. The third kappa shape index (κ3) is 3.49. The van der Waals surface area contributed by atoms with Crippen LogP contribution in [-0.2, 0) is 6.54 Å². The van der Waals surface area contributed by atoms with Crippen LogP contribution in [0.15, 0.2) is 29.6 Å². The summed E-state index contributed by atoms with van der Waals surface area (Å²) in [6.45, 7) is 2.89. The molecule has 0 spiro atoms. The third-order valence-electron chi connectivity index (χ3n) is 2.59. The van der Waals surface area contributed by atoms with Gasteiger partial charge in [-0.05, 0) is 35.6 Å². The molecule has 2 rings (SSSR count). The molecule has 0 fully saturated rings. The van der Waals surface area contributed by atoms with Gasteiger partial charge in [-0.2, -0.15) is 0 Å². The molecule has 1 aromatic carbocycles. The van der Waals surface area contributed by atoms with Crippen LogP contribution in [0.1, 0.15) is 30.6 Å². The van der Waals surface area contributed by atoms with Gasteiger partial charge in [0.15, 0.2) is 0 Å². The number of rotatable bonds is 5. The minimum absolute atomic E-state index is 0.301. The van der Waals surface area contributed by atoms with E-state index in [9.17, 15) is 0 Å². The summed E-state index contributed by atoms with van der Waals surface area (Å²) in [6.07, 6.45) is 1.01. The van der Waals surface area contributed by atoms with Crippen molar-refractivity contribution >= 4 is 23.1 Å². The highest BCUT2D eigenvalue weighted by Gasteiger charge is 2.09. The molecule has 0 bridgehead atoms. The summed E-state index contributed by atoms with van der Waals surface area (Å²) in [6, 6.07) is 8.26. The van der Waals surface area contributed by atoms with Crippen molar-refractivity contribution in [3.05, 3.63) is 45.9 Å². The highest BCUT2D eigenvalue weighted by atomic mass is 35.5. The van der Waals surface area contributed by atoms with Crippen LogP contribution in [0.4, 0.5) is 0 Å². The highest BCUT2D eigenvalue weighted by Crippen LogP contribution is 2.20. The van der Waals surface area contributed by atoms with E-state index in [1.165, 1.54) is 17.1 Å². The van der Waals surface area contributed by atoms with E-state index in [0.29, 0.717) is 6.04 Å². The van der Waals surface area contributed by atoms with Crippen molar-refractivity contribution in [2.24, 2.45) is 0 Å². The van der Waals surface area contributed by atoms with Gasteiger partial charge in [0.1, 0.15) is 0 Å². The van der Waals surface area contributed by atoms with Crippen molar-refractivity contribution in [1.82, 2.24) is 14.9 Å². The van der Waals surface area contributed by atoms with Gasteiger partial charge in [0.2, 0.25) is 0 Å². The van der Waals surface area contributed by atoms with Gasteiger partial charge < -0.3 is 5.32 Å². The molecule has 1 atom stereocenters. The summed E-state index contributed by atoms with van der Waals surface area (Å²) < 4.78 is 3.84. The van der Waals surface area contributed by atoms with Crippen molar-refractivity contribution in [3.63, 3.8) is 0 Å². The Balaban J connectivity index is 2.01. The maximum absolute atomic E-state index is 6.00. The van der Waals surface area contributed by atoms with E-state index in [4.69, 9.17) is 11.6 Å². The van der Waals surface area contributed by atoms with Crippen LogP contribution in [0.3, 0.4) is 0 Å². The van der Waals surface area contributed by atoms with E-state index in [0.717, 1.165) is 23.7 Å². The van der Waals surface area contributed by atoms with Crippen LogP contribution in [0, 0.1) is 0 Å². The molecular weight excluding hydrogens is 254 g/mol. The van der Waals surface area contributed by atoms with Gasteiger partial charge in [-0.25, -0.2) is 0 Å². The fourth-order valence-electron chi connectivity index (χ4n) is 1.71. The molecule has 0 saturated heterocycles. The van der Waals surface area contributed by atoms with Gasteiger partial charge in [0.05, 0.1) is 5.69 Å². The predicted molar refractivity (Wildman–Crippen MR) is 71.2 cm³/mol. The smallest absolute Gasteiger partial charge is 0.0893 e. The van der Waals surface area contributed by atoms with Crippen LogP contribution in [-0.4, -0.2) is 9.59 Å². The number of halogens is 1. The molecule has 5 heteroatoms. The minimum Gasteiger partial charge on any atom is -0.304 e. The normalized spacial score (nSPS) is 12.6. The fraction of sp³-hybridized carbons (Fsp3) is 0.333. The lowest BCUT2D eigenvalue weighted by Gasteiger charge is -2.16. The summed E-state index contributed by atoms with van der Waals surface area (Å²) >= 11 is 7.37. The highest BCUT2D eigenvalue weighted by molar-refractivity contribution is 7.03. The molecule has 1 N–H and O–H groups in total. The SMILES string of the molecule is CCC(NCc1csnn1)c1cccc(Cl)c1. The number of aromatic nitrogens is 2. The Hall–Kier alpha value is -0.970. The topological polar surface area (TPSA) is 37.8 Å². The Labute approximate surface area is 110 Å². The van der Waals surface area contributed by atoms with Gasteiger partial charge in [0, 0.05) is 23.0 Å². The average molecular weight is 268 g/mol. The fourth-order valence-corrected chi connectivity index (χ4v) is 2.36. The minimum atomic E-state index is 0.301. The Bertz CT molecular complexity index is 459. The molecular formula is C12H14ClN3S. The number of hydrogen-bond donors (Lipinski definition) is 1. The van der Waals surface area contributed by atoms with E-state index in [-0.39, 0.29) is 0 Å². The zero-order valence-electron chi connectivity index (χ0n) is 9.56. The lowest BCUT2D eigenvalue weighted by molar-refractivity contribution is 0.514. The Morgan fingerprint density at radius 3 is 3.00 bits per heavy atom. The number of nitrogens with zero attached hydrogens (tertiary/aromatic N) is 2. The molecule has 0 radical (unpaired) electrons.